The van der Waals surface area contributed by atoms with Gasteiger partial charge in [-0.2, -0.15) is 0 Å². The van der Waals surface area contributed by atoms with Crippen molar-refractivity contribution in [2.45, 2.75) is 4.90 Å². The highest BCUT2D eigenvalue weighted by molar-refractivity contribution is 7.86. The Balaban J connectivity index is 3.27. The van der Waals surface area contributed by atoms with E-state index in [1.165, 1.54) is 6.07 Å². The fourth-order valence-corrected chi connectivity index (χ4v) is 1.29. The molecule has 7 heteroatoms. The second kappa shape index (κ2) is 3.58. The molecule has 0 bridgehead atoms. The fourth-order valence-electron chi connectivity index (χ4n) is 0.813. The molecule has 0 spiro atoms. The predicted molar refractivity (Wildman–Crippen MR) is 45.0 cm³/mol. The lowest BCUT2D eigenvalue weighted by Crippen LogP contribution is -2.00. The number of halogens is 1. The molecule has 13 heavy (non-hydrogen) atoms. The van der Waals surface area contributed by atoms with E-state index in [1.54, 1.807) is 0 Å². The number of nitrogen functional groups attached to an aromatic ring is 1. The first-order chi connectivity index (χ1) is 6.02. The molecule has 1 aromatic rings. The lowest BCUT2D eigenvalue weighted by atomic mass is 10.3. The average molecular weight is 204 g/mol. The zero-order valence-corrected chi connectivity index (χ0v) is 7.08. The highest BCUT2D eigenvalue weighted by Crippen LogP contribution is 2.27. The summed E-state index contributed by atoms with van der Waals surface area (Å²) in [6.07, 6.45) is 0. The van der Waals surface area contributed by atoms with Gasteiger partial charge in [0.1, 0.15) is 0 Å². The zero-order valence-electron chi connectivity index (χ0n) is 6.27. The van der Waals surface area contributed by atoms with Crippen molar-refractivity contribution in [3.05, 3.63) is 28.3 Å². The molecule has 0 aliphatic heterocycles. The number of benzene rings is 1. The SMILES string of the molecule is Nc1ccc([S+]([O-])F)c([N+](=O)[O-])c1. The fraction of sp³-hybridized carbons (Fsp3) is 0. The van der Waals surface area contributed by atoms with Crippen molar-refractivity contribution in [1.29, 1.82) is 0 Å². The molecule has 0 fully saturated rings. The molecule has 1 atom stereocenters. The van der Waals surface area contributed by atoms with Gasteiger partial charge in [0.2, 0.25) is 11.6 Å². The van der Waals surface area contributed by atoms with E-state index in [-0.39, 0.29) is 5.69 Å². The number of nitro groups is 1. The van der Waals surface area contributed by atoms with Crippen LogP contribution in [0.5, 0.6) is 0 Å². The van der Waals surface area contributed by atoms with Crippen LogP contribution < -0.4 is 5.73 Å². The summed E-state index contributed by atoms with van der Waals surface area (Å²) in [5, 5.41) is 10.3. The molecule has 70 valence electrons. The van der Waals surface area contributed by atoms with E-state index in [2.05, 4.69) is 0 Å². The first kappa shape index (κ1) is 9.75. The number of nitrogens with two attached hydrogens (primary N) is 1. The molecule has 0 saturated carbocycles. The Hall–Kier alpha value is -1.34. The van der Waals surface area contributed by atoms with Gasteiger partial charge in [0.25, 0.3) is 4.90 Å². The lowest BCUT2D eigenvalue weighted by Gasteiger charge is -1.99. The maximum Gasteiger partial charge on any atom is 0.329 e. The Morgan fingerprint density at radius 2 is 2.15 bits per heavy atom. The van der Waals surface area contributed by atoms with E-state index in [4.69, 9.17) is 5.73 Å². The van der Waals surface area contributed by atoms with Crippen LogP contribution in [-0.2, 0) is 11.6 Å². The Kier molecular flexibility index (Phi) is 2.69. The smallest absolute Gasteiger partial charge is 0.329 e. The number of nitrogens with zero attached hydrogens (tertiary/aromatic N) is 1. The van der Waals surface area contributed by atoms with Crippen LogP contribution in [0.25, 0.3) is 0 Å². The van der Waals surface area contributed by atoms with Crippen molar-refractivity contribution in [3.63, 3.8) is 0 Å². The van der Waals surface area contributed by atoms with Gasteiger partial charge >= 0.3 is 5.69 Å². The van der Waals surface area contributed by atoms with Crippen molar-refractivity contribution in [2.75, 3.05) is 5.73 Å². The van der Waals surface area contributed by atoms with Gasteiger partial charge in [-0.3, -0.25) is 10.1 Å². The van der Waals surface area contributed by atoms with E-state index < -0.39 is 27.1 Å². The molecule has 0 aliphatic rings. The number of nitro benzene ring substituents is 1. The third kappa shape index (κ3) is 2.07. The molecule has 1 aromatic carbocycles. The van der Waals surface area contributed by atoms with E-state index in [9.17, 15) is 18.6 Å². The second-order valence-electron chi connectivity index (χ2n) is 2.21. The van der Waals surface area contributed by atoms with Crippen LogP contribution in [0.3, 0.4) is 0 Å². The normalized spacial score (nSPS) is 12.5. The van der Waals surface area contributed by atoms with Crippen LogP contribution in [0.15, 0.2) is 23.1 Å². The molecule has 0 amide bonds. The third-order valence-electron chi connectivity index (χ3n) is 1.35. The summed E-state index contributed by atoms with van der Waals surface area (Å²) in [5.41, 5.74) is 4.80. The van der Waals surface area contributed by atoms with Crippen molar-refractivity contribution in [3.8, 4) is 0 Å². The monoisotopic (exact) mass is 204 g/mol. The summed E-state index contributed by atoms with van der Waals surface area (Å²) in [4.78, 5) is 9.02. The van der Waals surface area contributed by atoms with Gasteiger partial charge < -0.3 is 10.3 Å². The van der Waals surface area contributed by atoms with E-state index in [1.807, 2.05) is 0 Å². The predicted octanol–water partition coefficient (Wildman–Crippen LogP) is 1.17. The van der Waals surface area contributed by atoms with E-state index in [0.29, 0.717) is 0 Å². The standard InChI is InChI=1S/C6H5FN2O3S/c7-13(12)6-2-1-4(8)3-5(6)9(10)11/h1-3H,8H2. The van der Waals surface area contributed by atoms with Crippen LogP contribution in [0.4, 0.5) is 15.3 Å². The van der Waals surface area contributed by atoms with Crippen molar-refractivity contribution in [1.82, 2.24) is 0 Å². The van der Waals surface area contributed by atoms with Crippen LogP contribution >= 0.6 is 0 Å². The molecule has 2 N–H and O–H groups in total. The first-order valence-corrected chi connectivity index (χ1v) is 4.19. The van der Waals surface area contributed by atoms with Gasteiger partial charge in [-0.25, -0.2) is 0 Å². The van der Waals surface area contributed by atoms with Crippen LogP contribution in [0.2, 0.25) is 0 Å². The number of rotatable bonds is 2. The maximum atomic E-state index is 12.3. The van der Waals surface area contributed by atoms with Crippen molar-refractivity contribution in [2.24, 2.45) is 0 Å². The molecular formula is C6H5FN2O3S. The van der Waals surface area contributed by atoms with Gasteiger partial charge in [-0.05, 0) is 6.07 Å². The average Bonchev–Trinajstić information content (AvgIpc) is 2.03. The Morgan fingerprint density at radius 1 is 1.54 bits per heavy atom. The molecule has 0 saturated heterocycles. The van der Waals surface area contributed by atoms with Gasteiger partial charge in [0.05, 0.1) is 4.92 Å². The van der Waals surface area contributed by atoms with Gasteiger partial charge in [0.15, 0.2) is 0 Å². The number of hydrogen-bond donors (Lipinski definition) is 1. The summed E-state index contributed by atoms with van der Waals surface area (Å²) < 4.78 is 22.7. The molecule has 0 heterocycles. The van der Waals surface area contributed by atoms with E-state index in [0.717, 1.165) is 12.1 Å². The Morgan fingerprint density at radius 3 is 2.62 bits per heavy atom. The summed E-state index contributed by atoms with van der Waals surface area (Å²) in [5.74, 6) is 0. The highest BCUT2D eigenvalue weighted by Gasteiger charge is 2.25. The molecule has 1 unspecified atom stereocenters. The molecule has 5 nitrogen and oxygen atoms in total. The number of anilines is 1. The van der Waals surface area contributed by atoms with Crippen LogP contribution in [0, 0.1) is 10.1 Å². The van der Waals surface area contributed by atoms with E-state index >= 15 is 0 Å². The quantitative estimate of drug-likeness (QED) is 0.338. The van der Waals surface area contributed by atoms with Crippen LogP contribution in [-0.4, -0.2) is 9.48 Å². The summed E-state index contributed by atoms with van der Waals surface area (Å²) >= 11 is -2.87. The summed E-state index contributed by atoms with van der Waals surface area (Å²) in [6, 6.07) is 3.25. The van der Waals surface area contributed by atoms with Crippen molar-refractivity contribution >= 4 is 22.9 Å². The molecule has 1 rings (SSSR count). The molecular weight excluding hydrogens is 199 g/mol. The maximum absolute atomic E-state index is 12.3. The Labute approximate surface area is 76.0 Å². The minimum absolute atomic E-state index is 0.126. The number of hydrogen-bond acceptors (Lipinski definition) is 4. The third-order valence-corrected chi connectivity index (χ3v) is 2.04. The van der Waals surface area contributed by atoms with Gasteiger partial charge in [0, 0.05) is 21.7 Å². The van der Waals surface area contributed by atoms with Gasteiger partial charge in [-0.1, -0.05) is 0 Å². The minimum Gasteiger partial charge on any atom is -0.575 e. The summed E-state index contributed by atoms with van der Waals surface area (Å²) in [7, 11) is 0. The largest absolute Gasteiger partial charge is 0.575 e. The Bertz CT molecular complexity index is 345. The van der Waals surface area contributed by atoms with Crippen LogP contribution in [0.1, 0.15) is 0 Å². The minimum atomic E-state index is -2.87. The topological polar surface area (TPSA) is 92.2 Å². The molecule has 0 aliphatic carbocycles. The first-order valence-electron chi connectivity index (χ1n) is 3.14. The molecule has 0 aromatic heterocycles. The summed E-state index contributed by atoms with van der Waals surface area (Å²) in [6.45, 7) is 0. The second-order valence-corrected chi connectivity index (χ2v) is 3.09. The van der Waals surface area contributed by atoms with Gasteiger partial charge in [-0.15, -0.1) is 0 Å². The van der Waals surface area contributed by atoms with Crippen molar-refractivity contribution < 1.29 is 13.4 Å². The molecule has 0 radical (unpaired) electrons. The zero-order chi connectivity index (χ0) is 10.0. The lowest BCUT2D eigenvalue weighted by molar-refractivity contribution is -0.387. The highest BCUT2D eigenvalue weighted by atomic mass is 32.3.